The van der Waals surface area contributed by atoms with Crippen molar-refractivity contribution in [2.45, 2.75) is 39.0 Å². The van der Waals surface area contributed by atoms with Crippen molar-refractivity contribution in [2.75, 3.05) is 0 Å². The van der Waals surface area contributed by atoms with Crippen molar-refractivity contribution in [3.63, 3.8) is 0 Å². The van der Waals surface area contributed by atoms with E-state index in [4.69, 9.17) is 0 Å². The molecule has 0 saturated carbocycles. The van der Waals surface area contributed by atoms with Gasteiger partial charge in [0.1, 0.15) is 0 Å². The molecule has 0 aliphatic carbocycles. The van der Waals surface area contributed by atoms with Gasteiger partial charge in [-0.3, -0.25) is 9.59 Å². The summed E-state index contributed by atoms with van der Waals surface area (Å²) >= 11 is 0. The van der Waals surface area contributed by atoms with Crippen LogP contribution in [0.2, 0.25) is 0 Å². The van der Waals surface area contributed by atoms with Crippen LogP contribution >= 0.6 is 0 Å². The van der Waals surface area contributed by atoms with Crippen LogP contribution in [0.3, 0.4) is 0 Å². The van der Waals surface area contributed by atoms with E-state index >= 15 is 0 Å². The number of ketones is 1. The highest BCUT2D eigenvalue weighted by Gasteiger charge is 1.98. The molecule has 1 radical (unpaired) electrons. The third kappa shape index (κ3) is 5.48. The smallest absolute Gasteiger partial charge is 0.272 e. The predicted octanol–water partition coefficient (Wildman–Crippen LogP) is 1.64. The topological polar surface area (TPSA) is 34.1 Å². The summed E-state index contributed by atoms with van der Waals surface area (Å²) in [5, 5.41) is 0. The lowest BCUT2D eigenvalue weighted by atomic mass is 10.1. The van der Waals surface area contributed by atoms with Crippen molar-refractivity contribution >= 4 is 12.1 Å². The maximum atomic E-state index is 10.4. The molecule has 0 atom stereocenters. The van der Waals surface area contributed by atoms with Crippen molar-refractivity contribution in [1.29, 1.82) is 0 Å². The Morgan fingerprint density at radius 1 is 1.30 bits per heavy atom. The summed E-state index contributed by atoms with van der Waals surface area (Å²) < 4.78 is 0. The maximum absolute atomic E-state index is 10.4. The van der Waals surface area contributed by atoms with Crippen molar-refractivity contribution in [3.8, 4) is 0 Å². The van der Waals surface area contributed by atoms with E-state index in [1.807, 2.05) is 0 Å². The summed E-state index contributed by atoms with van der Waals surface area (Å²) in [7, 11) is 0. The highest BCUT2D eigenvalue weighted by Crippen LogP contribution is 2.01. The van der Waals surface area contributed by atoms with Gasteiger partial charge in [0.2, 0.25) is 5.78 Å². The van der Waals surface area contributed by atoms with Crippen molar-refractivity contribution in [1.82, 2.24) is 0 Å². The Bertz CT molecular complexity index is 108. The standard InChI is InChI=1S/C8H13O2/c1-2-3-4-5-6-8(10)7-9/h2-6H2,1H3. The fourth-order valence-corrected chi connectivity index (χ4v) is 0.763. The number of hydrogen-bond donors (Lipinski definition) is 0. The molecule has 0 N–H and O–H groups in total. The maximum Gasteiger partial charge on any atom is 0.272 e. The number of rotatable bonds is 6. The average molecular weight is 141 g/mol. The van der Waals surface area contributed by atoms with E-state index in [0.29, 0.717) is 6.42 Å². The SMILES string of the molecule is CCCCCCC(=O)[C]=O. The second-order valence-electron chi connectivity index (χ2n) is 2.34. The van der Waals surface area contributed by atoms with E-state index in [9.17, 15) is 9.59 Å². The van der Waals surface area contributed by atoms with Gasteiger partial charge in [-0.1, -0.05) is 26.2 Å². The largest absolute Gasteiger partial charge is 0.290 e. The molecule has 0 aromatic heterocycles. The first-order valence-corrected chi connectivity index (χ1v) is 3.72. The zero-order valence-electron chi connectivity index (χ0n) is 6.35. The van der Waals surface area contributed by atoms with Crippen LogP contribution in [0.5, 0.6) is 0 Å². The van der Waals surface area contributed by atoms with Crippen LogP contribution in [0.4, 0.5) is 0 Å². The normalized spacial score (nSPS) is 9.30. The van der Waals surface area contributed by atoms with Crippen LogP contribution in [0.25, 0.3) is 0 Å². The fraction of sp³-hybridized carbons (Fsp3) is 0.750. The average Bonchev–Trinajstić information content (AvgIpc) is 1.98. The van der Waals surface area contributed by atoms with Gasteiger partial charge in [-0.05, 0) is 6.42 Å². The summed E-state index contributed by atoms with van der Waals surface area (Å²) in [4.78, 5) is 20.0. The Kier molecular flexibility index (Phi) is 6.03. The molecule has 2 heteroatoms. The molecular formula is C8H13O2. The van der Waals surface area contributed by atoms with Gasteiger partial charge >= 0.3 is 0 Å². The van der Waals surface area contributed by atoms with Crippen molar-refractivity contribution in [2.24, 2.45) is 0 Å². The molecule has 57 valence electrons. The monoisotopic (exact) mass is 141 g/mol. The zero-order valence-corrected chi connectivity index (χ0v) is 6.35. The second kappa shape index (κ2) is 6.46. The molecule has 0 spiro atoms. The summed E-state index contributed by atoms with van der Waals surface area (Å²) in [5.41, 5.74) is 0. The molecule has 0 bridgehead atoms. The number of carbonyl (C=O) groups excluding carboxylic acids is 2. The van der Waals surface area contributed by atoms with Crippen LogP contribution in [0, 0.1) is 0 Å². The summed E-state index contributed by atoms with van der Waals surface area (Å²) in [6, 6.07) is 0. The molecule has 0 aliphatic rings. The molecule has 0 heterocycles. The van der Waals surface area contributed by atoms with Gasteiger partial charge in [0.25, 0.3) is 6.29 Å². The van der Waals surface area contributed by atoms with E-state index < -0.39 is 5.78 Å². The van der Waals surface area contributed by atoms with Crippen LogP contribution in [0.15, 0.2) is 0 Å². The fourth-order valence-electron chi connectivity index (χ4n) is 0.763. The van der Waals surface area contributed by atoms with Gasteiger partial charge in [0.05, 0.1) is 0 Å². The molecule has 0 aliphatic heterocycles. The minimum absolute atomic E-state index is 0.378. The minimum atomic E-state index is -0.392. The molecule has 10 heavy (non-hydrogen) atoms. The molecule has 0 fully saturated rings. The lowest BCUT2D eigenvalue weighted by Crippen LogP contribution is -1.97. The number of hydrogen-bond acceptors (Lipinski definition) is 2. The van der Waals surface area contributed by atoms with Gasteiger partial charge in [-0.2, -0.15) is 0 Å². The summed E-state index contributed by atoms with van der Waals surface area (Å²) in [6.45, 7) is 2.10. The van der Waals surface area contributed by atoms with Crippen molar-refractivity contribution in [3.05, 3.63) is 0 Å². The number of unbranched alkanes of at least 4 members (excludes halogenated alkanes) is 3. The van der Waals surface area contributed by atoms with E-state index in [-0.39, 0.29) is 0 Å². The second-order valence-corrected chi connectivity index (χ2v) is 2.34. The molecule has 0 amide bonds. The Morgan fingerprint density at radius 3 is 2.50 bits per heavy atom. The molecule has 0 saturated heterocycles. The quantitative estimate of drug-likeness (QED) is 0.416. The van der Waals surface area contributed by atoms with Gasteiger partial charge in [0, 0.05) is 6.42 Å². The van der Waals surface area contributed by atoms with Gasteiger partial charge in [-0.15, -0.1) is 0 Å². The van der Waals surface area contributed by atoms with E-state index in [1.165, 1.54) is 6.29 Å². The first kappa shape index (κ1) is 9.34. The summed E-state index contributed by atoms with van der Waals surface area (Å²) in [6.07, 6.45) is 5.91. The van der Waals surface area contributed by atoms with E-state index in [2.05, 4.69) is 6.92 Å². The minimum Gasteiger partial charge on any atom is -0.290 e. The Morgan fingerprint density at radius 2 is 2.00 bits per heavy atom. The van der Waals surface area contributed by atoms with Crippen molar-refractivity contribution < 1.29 is 9.59 Å². The first-order valence-electron chi connectivity index (χ1n) is 3.72. The molecular weight excluding hydrogens is 128 g/mol. The number of Topliss-reactive ketones (excluding diaryl/α,β-unsaturated/α-hetero) is 1. The zero-order chi connectivity index (χ0) is 7.82. The van der Waals surface area contributed by atoms with Gasteiger partial charge in [0.15, 0.2) is 0 Å². The first-order chi connectivity index (χ1) is 4.81. The Hall–Kier alpha value is -0.660. The van der Waals surface area contributed by atoms with E-state index in [0.717, 1.165) is 25.7 Å². The molecule has 2 nitrogen and oxygen atoms in total. The third-order valence-corrected chi connectivity index (χ3v) is 1.37. The number of carbonyl (C=O) groups is 1. The third-order valence-electron chi connectivity index (χ3n) is 1.37. The molecule has 0 aromatic rings. The van der Waals surface area contributed by atoms with Crippen LogP contribution in [0.1, 0.15) is 39.0 Å². The lowest BCUT2D eigenvalue weighted by Gasteiger charge is -1.92. The Labute approximate surface area is 61.6 Å². The van der Waals surface area contributed by atoms with Crippen LogP contribution < -0.4 is 0 Å². The predicted molar refractivity (Wildman–Crippen MR) is 39.5 cm³/mol. The highest BCUT2D eigenvalue weighted by atomic mass is 16.2. The van der Waals surface area contributed by atoms with Gasteiger partial charge in [-0.25, -0.2) is 0 Å². The summed E-state index contributed by atoms with van der Waals surface area (Å²) in [5.74, 6) is -0.392. The molecule has 0 unspecified atom stereocenters. The lowest BCUT2D eigenvalue weighted by molar-refractivity contribution is -0.113. The van der Waals surface area contributed by atoms with Crippen LogP contribution in [-0.2, 0) is 9.59 Å². The molecule has 0 aromatic carbocycles. The van der Waals surface area contributed by atoms with E-state index in [1.54, 1.807) is 0 Å². The Balaban J connectivity index is 3.03. The molecule has 0 rings (SSSR count). The van der Waals surface area contributed by atoms with Crippen LogP contribution in [-0.4, -0.2) is 12.1 Å². The highest BCUT2D eigenvalue weighted by molar-refractivity contribution is 6.25. The van der Waals surface area contributed by atoms with Gasteiger partial charge < -0.3 is 0 Å².